The Morgan fingerprint density at radius 3 is 2.33 bits per heavy atom. The molecule has 0 fully saturated rings. The molecular formula is C15H20O3. The van der Waals surface area contributed by atoms with E-state index in [0.717, 1.165) is 19.3 Å². The SMILES string of the molecule is CCOC(=O)c1ccc(CCCCC(C)=O)cc1. The zero-order chi connectivity index (χ0) is 13.4. The van der Waals surface area contributed by atoms with Crippen molar-refractivity contribution < 1.29 is 14.3 Å². The van der Waals surface area contributed by atoms with Crippen molar-refractivity contribution in [3.8, 4) is 0 Å². The van der Waals surface area contributed by atoms with Crippen molar-refractivity contribution >= 4 is 11.8 Å². The standard InChI is InChI=1S/C15H20O3/c1-3-18-15(17)14-10-8-13(9-11-14)7-5-4-6-12(2)16/h8-11H,3-7H2,1-2H3. The fraction of sp³-hybridized carbons (Fsp3) is 0.467. The molecule has 0 radical (unpaired) electrons. The molecule has 0 aliphatic heterocycles. The van der Waals surface area contributed by atoms with Crippen LogP contribution in [0.2, 0.25) is 0 Å². The number of aryl methyl sites for hydroxylation is 1. The first kappa shape index (κ1) is 14.4. The lowest BCUT2D eigenvalue weighted by atomic mass is 10.0. The molecule has 0 aliphatic rings. The molecule has 1 aromatic rings. The summed E-state index contributed by atoms with van der Waals surface area (Å²) in [5, 5.41) is 0. The van der Waals surface area contributed by atoms with Gasteiger partial charge in [0.1, 0.15) is 5.78 Å². The van der Waals surface area contributed by atoms with Crippen LogP contribution in [0.5, 0.6) is 0 Å². The third-order valence-electron chi connectivity index (χ3n) is 2.71. The van der Waals surface area contributed by atoms with E-state index in [9.17, 15) is 9.59 Å². The molecule has 3 nitrogen and oxygen atoms in total. The number of hydrogen-bond donors (Lipinski definition) is 0. The maximum atomic E-state index is 11.4. The van der Waals surface area contributed by atoms with Gasteiger partial charge in [-0.1, -0.05) is 12.1 Å². The predicted octanol–water partition coefficient (Wildman–Crippen LogP) is 3.17. The first-order valence-electron chi connectivity index (χ1n) is 6.39. The molecule has 0 amide bonds. The van der Waals surface area contributed by atoms with Crippen molar-refractivity contribution in [1.29, 1.82) is 0 Å². The predicted molar refractivity (Wildman–Crippen MR) is 70.6 cm³/mol. The summed E-state index contributed by atoms with van der Waals surface area (Å²) in [6.45, 7) is 3.81. The van der Waals surface area contributed by atoms with Gasteiger partial charge in [-0.2, -0.15) is 0 Å². The van der Waals surface area contributed by atoms with Crippen molar-refractivity contribution in [2.75, 3.05) is 6.61 Å². The molecule has 0 N–H and O–H groups in total. The van der Waals surface area contributed by atoms with Gasteiger partial charge in [0, 0.05) is 6.42 Å². The van der Waals surface area contributed by atoms with Crippen LogP contribution >= 0.6 is 0 Å². The highest BCUT2D eigenvalue weighted by Crippen LogP contribution is 2.10. The Morgan fingerprint density at radius 2 is 1.78 bits per heavy atom. The Kier molecular flexibility index (Phi) is 6.12. The molecule has 1 aromatic carbocycles. The van der Waals surface area contributed by atoms with E-state index in [0.29, 0.717) is 18.6 Å². The third-order valence-corrected chi connectivity index (χ3v) is 2.71. The van der Waals surface area contributed by atoms with Gasteiger partial charge in [-0.3, -0.25) is 0 Å². The second-order valence-corrected chi connectivity index (χ2v) is 4.33. The van der Waals surface area contributed by atoms with Gasteiger partial charge in [-0.15, -0.1) is 0 Å². The summed E-state index contributed by atoms with van der Waals surface area (Å²) in [5.74, 6) is -0.0340. The van der Waals surface area contributed by atoms with Gasteiger partial charge >= 0.3 is 5.97 Å². The van der Waals surface area contributed by atoms with Crippen LogP contribution in [0.15, 0.2) is 24.3 Å². The maximum absolute atomic E-state index is 11.4. The molecule has 0 atom stereocenters. The summed E-state index contributed by atoms with van der Waals surface area (Å²) in [7, 11) is 0. The van der Waals surface area contributed by atoms with Gasteiger partial charge in [0.05, 0.1) is 12.2 Å². The van der Waals surface area contributed by atoms with E-state index in [2.05, 4.69) is 0 Å². The van der Waals surface area contributed by atoms with Crippen molar-refractivity contribution in [3.63, 3.8) is 0 Å². The minimum absolute atomic E-state index is 0.243. The lowest BCUT2D eigenvalue weighted by molar-refractivity contribution is -0.117. The van der Waals surface area contributed by atoms with E-state index >= 15 is 0 Å². The molecule has 98 valence electrons. The number of benzene rings is 1. The molecule has 0 aromatic heterocycles. The first-order chi connectivity index (χ1) is 8.63. The fourth-order valence-electron chi connectivity index (χ4n) is 1.72. The highest BCUT2D eigenvalue weighted by atomic mass is 16.5. The second kappa shape index (κ2) is 7.64. The highest BCUT2D eigenvalue weighted by molar-refractivity contribution is 5.89. The number of Topliss-reactive ketones (excluding diaryl/α,β-unsaturated/α-hetero) is 1. The molecule has 0 heterocycles. The molecule has 1 rings (SSSR count). The Balaban J connectivity index is 2.40. The minimum Gasteiger partial charge on any atom is -0.462 e. The number of esters is 1. The minimum atomic E-state index is -0.277. The van der Waals surface area contributed by atoms with E-state index in [-0.39, 0.29) is 11.8 Å². The monoisotopic (exact) mass is 248 g/mol. The molecule has 3 heteroatoms. The van der Waals surface area contributed by atoms with Gasteiger partial charge in [0.15, 0.2) is 0 Å². The van der Waals surface area contributed by atoms with Gasteiger partial charge in [0.2, 0.25) is 0 Å². The van der Waals surface area contributed by atoms with Crippen LogP contribution in [-0.2, 0) is 16.0 Å². The van der Waals surface area contributed by atoms with Crippen LogP contribution in [-0.4, -0.2) is 18.4 Å². The lowest BCUT2D eigenvalue weighted by Crippen LogP contribution is -2.04. The van der Waals surface area contributed by atoms with E-state index in [1.54, 1.807) is 26.0 Å². The van der Waals surface area contributed by atoms with Crippen molar-refractivity contribution in [2.24, 2.45) is 0 Å². The molecule has 0 saturated carbocycles. The number of hydrogen-bond acceptors (Lipinski definition) is 3. The molecule has 0 aliphatic carbocycles. The third kappa shape index (κ3) is 5.13. The molecule has 0 saturated heterocycles. The topological polar surface area (TPSA) is 43.4 Å². The van der Waals surface area contributed by atoms with E-state index < -0.39 is 0 Å². The Labute approximate surface area is 108 Å². The highest BCUT2D eigenvalue weighted by Gasteiger charge is 2.05. The number of ketones is 1. The summed E-state index contributed by atoms with van der Waals surface area (Å²) in [6.07, 6.45) is 3.52. The van der Waals surface area contributed by atoms with Crippen molar-refractivity contribution in [3.05, 3.63) is 35.4 Å². The zero-order valence-corrected chi connectivity index (χ0v) is 11.1. The van der Waals surface area contributed by atoms with Crippen molar-refractivity contribution in [1.82, 2.24) is 0 Å². The van der Waals surface area contributed by atoms with Gasteiger partial charge < -0.3 is 9.53 Å². The molecule has 0 bridgehead atoms. The van der Waals surface area contributed by atoms with Crippen molar-refractivity contribution in [2.45, 2.75) is 39.5 Å². The van der Waals surface area contributed by atoms with Crippen LogP contribution < -0.4 is 0 Å². The van der Waals surface area contributed by atoms with Crippen LogP contribution in [0.3, 0.4) is 0 Å². The average Bonchev–Trinajstić information content (AvgIpc) is 2.35. The number of carbonyl (C=O) groups excluding carboxylic acids is 2. The Bertz CT molecular complexity index is 393. The Morgan fingerprint density at radius 1 is 1.11 bits per heavy atom. The summed E-state index contributed by atoms with van der Waals surface area (Å²) in [5.41, 5.74) is 1.77. The van der Waals surface area contributed by atoms with E-state index in [1.165, 1.54) is 5.56 Å². The van der Waals surface area contributed by atoms with Crippen LogP contribution in [0.1, 0.15) is 49.0 Å². The van der Waals surface area contributed by atoms with E-state index in [4.69, 9.17) is 4.74 Å². The zero-order valence-electron chi connectivity index (χ0n) is 11.1. The van der Waals surface area contributed by atoms with E-state index in [1.807, 2.05) is 12.1 Å². The normalized spacial score (nSPS) is 10.1. The molecule has 0 unspecified atom stereocenters. The summed E-state index contributed by atoms with van der Waals surface area (Å²) >= 11 is 0. The van der Waals surface area contributed by atoms with Gasteiger partial charge in [-0.25, -0.2) is 4.79 Å². The second-order valence-electron chi connectivity index (χ2n) is 4.33. The maximum Gasteiger partial charge on any atom is 0.338 e. The molecule has 18 heavy (non-hydrogen) atoms. The number of ether oxygens (including phenoxy) is 1. The largest absolute Gasteiger partial charge is 0.462 e. The Hall–Kier alpha value is -1.64. The lowest BCUT2D eigenvalue weighted by Gasteiger charge is -2.04. The van der Waals surface area contributed by atoms with Crippen LogP contribution in [0.4, 0.5) is 0 Å². The average molecular weight is 248 g/mol. The number of rotatable bonds is 7. The van der Waals surface area contributed by atoms with Crippen LogP contribution in [0, 0.1) is 0 Å². The quantitative estimate of drug-likeness (QED) is 0.550. The number of unbranched alkanes of at least 4 members (excludes halogenated alkanes) is 1. The summed E-state index contributed by atoms with van der Waals surface area (Å²) in [4.78, 5) is 22.2. The first-order valence-corrected chi connectivity index (χ1v) is 6.39. The van der Waals surface area contributed by atoms with Gasteiger partial charge in [-0.05, 0) is 50.8 Å². The van der Waals surface area contributed by atoms with Gasteiger partial charge in [0.25, 0.3) is 0 Å². The molecular weight excluding hydrogens is 228 g/mol. The summed E-state index contributed by atoms with van der Waals surface area (Å²) in [6, 6.07) is 7.47. The van der Waals surface area contributed by atoms with Crippen LogP contribution in [0.25, 0.3) is 0 Å². The smallest absolute Gasteiger partial charge is 0.338 e. The summed E-state index contributed by atoms with van der Waals surface area (Å²) < 4.78 is 4.92. The fourth-order valence-corrected chi connectivity index (χ4v) is 1.72. The molecule has 0 spiro atoms. The number of carbonyl (C=O) groups is 2.